The van der Waals surface area contributed by atoms with Crippen molar-refractivity contribution >= 4 is 5.69 Å². The number of anilines is 1. The second kappa shape index (κ2) is 4.77. The third kappa shape index (κ3) is 2.27. The molecule has 0 bridgehead atoms. The molecular formula is C14H19N3. The number of nitriles is 1. The van der Waals surface area contributed by atoms with E-state index in [4.69, 9.17) is 5.73 Å². The van der Waals surface area contributed by atoms with Gasteiger partial charge in [-0.05, 0) is 37.8 Å². The summed E-state index contributed by atoms with van der Waals surface area (Å²) in [6.45, 7) is 6.11. The lowest BCUT2D eigenvalue weighted by molar-refractivity contribution is 0.488. The molecule has 0 amide bonds. The van der Waals surface area contributed by atoms with E-state index in [2.05, 4.69) is 30.9 Å². The molecule has 1 saturated heterocycles. The fourth-order valence-corrected chi connectivity index (χ4v) is 2.59. The van der Waals surface area contributed by atoms with Crippen LogP contribution < -0.4 is 10.6 Å². The molecule has 3 heteroatoms. The molecule has 90 valence electrons. The highest BCUT2D eigenvalue weighted by Gasteiger charge is 2.27. The van der Waals surface area contributed by atoms with E-state index < -0.39 is 0 Å². The molecule has 2 unspecified atom stereocenters. The zero-order valence-electron chi connectivity index (χ0n) is 10.5. The van der Waals surface area contributed by atoms with Crippen LogP contribution in [0.1, 0.15) is 24.5 Å². The van der Waals surface area contributed by atoms with E-state index in [1.54, 1.807) is 0 Å². The van der Waals surface area contributed by atoms with Crippen molar-refractivity contribution in [2.24, 2.45) is 11.7 Å². The lowest BCUT2D eigenvalue weighted by Gasteiger charge is -2.23. The van der Waals surface area contributed by atoms with Crippen LogP contribution in [0.5, 0.6) is 0 Å². The van der Waals surface area contributed by atoms with Gasteiger partial charge in [-0.15, -0.1) is 0 Å². The number of benzene rings is 1. The lowest BCUT2D eigenvalue weighted by atomic mass is 10.0. The Hall–Kier alpha value is -1.53. The summed E-state index contributed by atoms with van der Waals surface area (Å²) in [5, 5.41) is 9.18. The minimum Gasteiger partial charge on any atom is -0.370 e. The largest absolute Gasteiger partial charge is 0.370 e. The second-order valence-electron chi connectivity index (χ2n) is 4.94. The molecule has 1 aliphatic heterocycles. The average molecular weight is 229 g/mol. The van der Waals surface area contributed by atoms with Crippen LogP contribution in [-0.4, -0.2) is 19.1 Å². The van der Waals surface area contributed by atoms with Crippen LogP contribution in [0, 0.1) is 24.2 Å². The molecule has 2 N–H and O–H groups in total. The highest BCUT2D eigenvalue weighted by Crippen LogP contribution is 2.30. The molecule has 0 radical (unpaired) electrons. The van der Waals surface area contributed by atoms with Crippen LogP contribution in [0.2, 0.25) is 0 Å². The van der Waals surface area contributed by atoms with Crippen molar-refractivity contribution < 1.29 is 0 Å². The van der Waals surface area contributed by atoms with Gasteiger partial charge in [0.2, 0.25) is 0 Å². The third-order valence-electron chi connectivity index (χ3n) is 3.64. The highest BCUT2D eigenvalue weighted by atomic mass is 15.2. The predicted molar refractivity (Wildman–Crippen MR) is 69.9 cm³/mol. The van der Waals surface area contributed by atoms with Crippen LogP contribution in [0.25, 0.3) is 0 Å². The summed E-state index contributed by atoms with van der Waals surface area (Å²) >= 11 is 0. The molecule has 17 heavy (non-hydrogen) atoms. The zero-order valence-corrected chi connectivity index (χ0v) is 10.5. The van der Waals surface area contributed by atoms with Crippen molar-refractivity contribution in [1.29, 1.82) is 5.26 Å². The Balaban J connectivity index is 2.28. The van der Waals surface area contributed by atoms with Gasteiger partial charge in [0, 0.05) is 19.1 Å². The van der Waals surface area contributed by atoms with Gasteiger partial charge in [-0.3, -0.25) is 0 Å². The van der Waals surface area contributed by atoms with Gasteiger partial charge in [0.1, 0.15) is 6.07 Å². The van der Waals surface area contributed by atoms with Crippen molar-refractivity contribution in [3.63, 3.8) is 0 Å². The molecule has 2 atom stereocenters. The molecule has 0 spiro atoms. The highest BCUT2D eigenvalue weighted by molar-refractivity contribution is 5.64. The maximum Gasteiger partial charge on any atom is 0.101 e. The van der Waals surface area contributed by atoms with Crippen molar-refractivity contribution in [2.45, 2.75) is 26.3 Å². The van der Waals surface area contributed by atoms with Gasteiger partial charge >= 0.3 is 0 Å². The van der Waals surface area contributed by atoms with E-state index in [-0.39, 0.29) is 6.04 Å². The first kappa shape index (κ1) is 11.9. The molecule has 0 aliphatic carbocycles. The Kier molecular flexibility index (Phi) is 3.35. The summed E-state index contributed by atoms with van der Waals surface area (Å²) < 4.78 is 0. The monoisotopic (exact) mass is 229 g/mol. The van der Waals surface area contributed by atoms with Crippen LogP contribution in [0.15, 0.2) is 18.2 Å². The minimum atomic E-state index is 0.231. The van der Waals surface area contributed by atoms with Crippen molar-refractivity contribution in [3.8, 4) is 6.07 Å². The number of aryl methyl sites for hydroxylation is 1. The maximum absolute atomic E-state index is 9.18. The van der Waals surface area contributed by atoms with E-state index in [1.807, 2.05) is 12.1 Å². The molecule has 1 aromatic carbocycles. The Labute approximate surface area is 103 Å². The number of hydrogen-bond donors (Lipinski definition) is 1. The summed E-state index contributed by atoms with van der Waals surface area (Å²) in [6.07, 6.45) is 1.12. The molecule has 1 aromatic rings. The van der Waals surface area contributed by atoms with Crippen LogP contribution in [-0.2, 0) is 0 Å². The van der Waals surface area contributed by atoms with Crippen LogP contribution in [0.4, 0.5) is 5.69 Å². The number of rotatable bonds is 2. The third-order valence-corrected chi connectivity index (χ3v) is 3.64. The smallest absolute Gasteiger partial charge is 0.101 e. The first-order valence-corrected chi connectivity index (χ1v) is 6.13. The molecule has 1 fully saturated rings. The van der Waals surface area contributed by atoms with Crippen LogP contribution >= 0.6 is 0 Å². The summed E-state index contributed by atoms with van der Waals surface area (Å²) in [5.74, 6) is 0.543. The molecular weight excluding hydrogens is 210 g/mol. The van der Waals surface area contributed by atoms with Gasteiger partial charge in [-0.25, -0.2) is 0 Å². The Bertz CT molecular complexity index is 445. The van der Waals surface area contributed by atoms with Gasteiger partial charge in [0.15, 0.2) is 0 Å². The first-order chi connectivity index (χ1) is 8.13. The van der Waals surface area contributed by atoms with E-state index in [1.165, 1.54) is 5.56 Å². The first-order valence-electron chi connectivity index (χ1n) is 6.13. The summed E-state index contributed by atoms with van der Waals surface area (Å²) in [7, 11) is 0. The molecule has 0 saturated carbocycles. The van der Waals surface area contributed by atoms with E-state index in [0.717, 1.165) is 30.8 Å². The maximum atomic E-state index is 9.18. The topological polar surface area (TPSA) is 53.0 Å². The Morgan fingerprint density at radius 3 is 2.88 bits per heavy atom. The van der Waals surface area contributed by atoms with Gasteiger partial charge in [0.25, 0.3) is 0 Å². The Morgan fingerprint density at radius 2 is 2.29 bits per heavy atom. The fourth-order valence-electron chi connectivity index (χ4n) is 2.59. The van der Waals surface area contributed by atoms with E-state index in [9.17, 15) is 5.26 Å². The second-order valence-corrected chi connectivity index (χ2v) is 4.94. The summed E-state index contributed by atoms with van der Waals surface area (Å²) in [6, 6.07) is 8.41. The van der Waals surface area contributed by atoms with E-state index in [0.29, 0.717) is 5.92 Å². The zero-order chi connectivity index (χ0) is 12.4. The van der Waals surface area contributed by atoms with Gasteiger partial charge in [0.05, 0.1) is 11.3 Å². The normalized spacial score (nSPS) is 21.3. The quantitative estimate of drug-likeness (QED) is 0.844. The van der Waals surface area contributed by atoms with Gasteiger partial charge < -0.3 is 10.6 Å². The number of hydrogen-bond acceptors (Lipinski definition) is 3. The molecule has 1 aliphatic rings. The van der Waals surface area contributed by atoms with Gasteiger partial charge in [-0.1, -0.05) is 12.1 Å². The van der Waals surface area contributed by atoms with Crippen molar-refractivity contribution in [1.82, 2.24) is 0 Å². The fraction of sp³-hybridized carbons (Fsp3) is 0.500. The SMILES string of the molecule is Cc1cccc(C#N)c1N1CCC(C(C)N)C1. The summed E-state index contributed by atoms with van der Waals surface area (Å²) in [4.78, 5) is 2.31. The standard InChI is InChI=1S/C14H19N3/c1-10-4-3-5-12(8-15)14(10)17-7-6-13(9-17)11(2)16/h3-5,11,13H,6-7,9,16H2,1-2H3. The predicted octanol–water partition coefficient (Wildman–Crippen LogP) is 2.04. The number of nitrogens with two attached hydrogens (primary N) is 1. The minimum absolute atomic E-state index is 0.231. The Morgan fingerprint density at radius 1 is 1.53 bits per heavy atom. The number of para-hydroxylation sites is 1. The van der Waals surface area contributed by atoms with Crippen molar-refractivity contribution in [3.05, 3.63) is 29.3 Å². The van der Waals surface area contributed by atoms with Gasteiger partial charge in [-0.2, -0.15) is 5.26 Å². The molecule has 0 aromatic heterocycles. The molecule has 1 heterocycles. The molecule has 2 rings (SSSR count). The van der Waals surface area contributed by atoms with E-state index >= 15 is 0 Å². The summed E-state index contributed by atoms with van der Waals surface area (Å²) in [5.41, 5.74) is 9.00. The lowest BCUT2D eigenvalue weighted by Crippen LogP contribution is -2.30. The van der Waals surface area contributed by atoms with Crippen LogP contribution in [0.3, 0.4) is 0 Å². The van der Waals surface area contributed by atoms with Crippen molar-refractivity contribution in [2.75, 3.05) is 18.0 Å². The number of nitrogens with zero attached hydrogens (tertiary/aromatic N) is 2. The average Bonchev–Trinajstić information content (AvgIpc) is 2.77. The molecule has 3 nitrogen and oxygen atoms in total.